The highest BCUT2D eigenvalue weighted by molar-refractivity contribution is 9.10. The van der Waals surface area contributed by atoms with E-state index in [-0.39, 0.29) is 23.6 Å². The van der Waals surface area contributed by atoms with Gasteiger partial charge in [-0.15, -0.1) is 0 Å². The fourth-order valence-corrected chi connectivity index (χ4v) is 2.70. The summed E-state index contributed by atoms with van der Waals surface area (Å²) in [7, 11) is 0. The first-order valence-electron chi connectivity index (χ1n) is 6.59. The molecule has 0 aliphatic rings. The van der Waals surface area contributed by atoms with Crippen LogP contribution in [-0.2, 0) is 4.79 Å². The van der Waals surface area contributed by atoms with Gasteiger partial charge in [0, 0.05) is 10.5 Å². The zero-order chi connectivity index (χ0) is 16.1. The Morgan fingerprint density at radius 3 is 2.77 bits per heavy atom. The number of carbonyl (C=O) groups is 1. The van der Waals surface area contributed by atoms with Crippen molar-refractivity contribution in [2.75, 3.05) is 6.61 Å². The highest BCUT2D eigenvalue weighted by atomic mass is 79.9. The van der Waals surface area contributed by atoms with Crippen LogP contribution in [0.25, 0.3) is 0 Å². The van der Waals surface area contributed by atoms with Gasteiger partial charge < -0.3 is 10.1 Å². The minimum absolute atomic E-state index is 0.0421. The summed E-state index contributed by atoms with van der Waals surface area (Å²) < 4.78 is 19.2. The SMILES string of the molecule is CC(NC(=O)COc1ccc(F)c(Cl)c1)c1ccccc1Br. The third-order valence-electron chi connectivity index (χ3n) is 3.01. The fourth-order valence-electron chi connectivity index (χ4n) is 1.90. The summed E-state index contributed by atoms with van der Waals surface area (Å²) in [4.78, 5) is 11.9. The van der Waals surface area contributed by atoms with Crippen molar-refractivity contribution >= 4 is 33.4 Å². The van der Waals surface area contributed by atoms with Crippen LogP contribution in [0.3, 0.4) is 0 Å². The van der Waals surface area contributed by atoms with Crippen molar-refractivity contribution in [1.82, 2.24) is 5.32 Å². The summed E-state index contributed by atoms with van der Waals surface area (Å²) >= 11 is 9.09. The second-order valence-electron chi connectivity index (χ2n) is 4.68. The van der Waals surface area contributed by atoms with Crippen LogP contribution in [0.2, 0.25) is 5.02 Å². The van der Waals surface area contributed by atoms with Crippen LogP contribution in [0.15, 0.2) is 46.9 Å². The van der Waals surface area contributed by atoms with Crippen molar-refractivity contribution < 1.29 is 13.9 Å². The molecule has 0 saturated carbocycles. The van der Waals surface area contributed by atoms with E-state index in [1.165, 1.54) is 18.2 Å². The van der Waals surface area contributed by atoms with Gasteiger partial charge in [-0.1, -0.05) is 45.7 Å². The van der Waals surface area contributed by atoms with Crippen LogP contribution in [-0.4, -0.2) is 12.5 Å². The molecule has 0 bridgehead atoms. The molecule has 2 rings (SSSR count). The lowest BCUT2D eigenvalue weighted by Crippen LogP contribution is -2.31. The Morgan fingerprint density at radius 2 is 2.09 bits per heavy atom. The molecule has 0 radical (unpaired) electrons. The summed E-state index contributed by atoms with van der Waals surface area (Å²) in [5.74, 6) is -0.459. The van der Waals surface area contributed by atoms with E-state index in [1.807, 2.05) is 31.2 Å². The van der Waals surface area contributed by atoms with Crippen molar-refractivity contribution in [3.8, 4) is 5.75 Å². The first-order valence-corrected chi connectivity index (χ1v) is 7.76. The highest BCUT2D eigenvalue weighted by Crippen LogP contribution is 2.23. The summed E-state index contributed by atoms with van der Waals surface area (Å²) in [6.07, 6.45) is 0. The van der Waals surface area contributed by atoms with E-state index in [0.29, 0.717) is 5.75 Å². The molecule has 0 aliphatic carbocycles. The van der Waals surface area contributed by atoms with Crippen LogP contribution in [0.5, 0.6) is 5.75 Å². The second-order valence-corrected chi connectivity index (χ2v) is 5.94. The van der Waals surface area contributed by atoms with Gasteiger partial charge >= 0.3 is 0 Å². The van der Waals surface area contributed by atoms with Crippen LogP contribution in [0.4, 0.5) is 4.39 Å². The average Bonchev–Trinajstić information content (AvgIpc) is 2.49. The summed E-state index contributed by atoms with van der Waals surface area (Å²) in [5.41, 5.74) is 0.973. The van der Waals surface area contributed by atoms with Crippen LogP contribution < -0.4 is 10.1 Å². The van der Waals surface area contributed by atoms with Crippen molar-refractivity contribution in [3.05, 3.63) is 63.3 Å². The van der Waals surface area contributed by atoms with E-state index in [0.717, 1.165) is 10.0 Å². The van der Waals surface area contributed by atoms with Crippen LogP contribution in [0.1, 0.15) is 18.5 Å². The number of hydrogen-bond donors (Lipinski definition) is 1. The Morgan fingerprint density at radius 1 is 1.36 bits per heavy atom. The molecular weight excluding hydrogens is 373 g/mol. The molecule has 0 saturated heterocycles. The van der Waals surface area contributed by atoms with E-state index in [4.69, 9.17) is 16.3 Å². The smallest absolute Gasteiger partial charge is 0.258 e. The Labute approximate surface area is 141 Å². The maximum atomic E-state index is 13.0. The van der Waals surface area contributed by atoms with Gasteiger partial charge in [0.15, 0.2) is 6.61 Å². The lowest BCUT2D eigenvalue weighted by atomic mass is 10.1. The lowest BCUT2D eigenvalue weighted by Gasteiger charge is -2.16. The maximum absolute atomic E-state index is 13.0. The van der Waals surface area contributed by atoms with Gasteiger partial charge in [0.2, 0.25) is 0 Å². The fraction of sp³-hybridized carbons (Fsp3) is 0.188. The molecule has 1 atom stereocenters. The number of amides is 1. The van der Waals surface area contributed by atoms with Gasteiger partial charge in [0.25, 0.3) is 5.91 Å². The molecule has 2 aromatic carbocycles. The zero-order valence-corrected chi connectivity index (χ0v) is 14.1. The average molecular weight is 387 g/mol. The Balaban J connectivity index is 1.90. The number of ether oxygens (including phenoxy) is 1. The second kappa shape index (κ2) is 7.61. The molecule has 0 heterocycles. The summed E-state index contributed by atoms with van der Waals surface area (Å²) in [6.45, 7) is 1.71. The number of hydrogen-bond acceptors (Lipinski definition) is 2. The zero-order valence-electron chi connectivity index (χ0n) is 11.8. The first kappa shape index (κ1) is 16.8. The molecule has 1 unspecified atom stereocenters. The van der Waals surface area contributed by atoms with Crippen molar-refractivity contribution in [2.24, 2.45) is 0 Å². The van der Waals surface area contributed by atoms with Gasteiger partial charge in [0.1, 0.15) is 11.6 Å². The van der Waals surface area contributed by atoms with Gasteiger partial charge in [-0.3, -0.25) is 4.79 Å². The predicted octanol–water partition coefficient (Wildman–Crippen LogP) is 4.50. The third kappa shape index (κ3) is 4.45. The molecule has 6 heteroatoms. The number of benzene rings is 2. The molecule has 2 aromatic rings. The summed E-state index contributed by atoms with van der Waals surface area (Å²) in [6, 6.07) is 11.4. The molecule has 0 fully saturated rings. The van der Waals surface area contributed by atoms with E-state index in [9.17, 15) is 9.18 Å². The number of halogens is 3. The highest BCUT2D eigenvalue weighted by Gasteiger charge is 2.12. The monoisotopic (exact) mass is 385 g/mol. The lowest BCUT2D eigenvalue weighted by molar-refractivity contribution is -0.123. The van der Waals surface area contributed by atoms with Crippen molar-refractivity contribution in [1.29, 1.82) is 0 Å². The molecule has 0 spiro atoms. The molecule has 0 aromatic heterocycles. The maximum Gasteiger partial charge on any atom is 0.258 e. The quantitative estimate of drug-likeness (QED) is 0.822. The normalized spacial score (nSPS) is 11.8. The Bertz CT molecular complexity index is 681. The van der Waals surface area contributed by atoms with Gasteiger partial charge in [-0.2, -0.15) is 0 Å². The van der Waals surface area contributed by atoms with Gasteiger partial charge in [0.05, 0.1) is 11.1 Å². The van der Waals surface area contributed by atoms with Crippen molar-refractivity contribution in [2.45, 2.75) is 13.0 Å². The van der Waals surface area contributed by atoms with Gasteiger partial charge in [-0.25, -0.2) is 4.39 Å². The predicted molar refractivity (Wildman–Crippen MR) is 87.6 cm³/mol. The molecule has 1 amide bonds. The summed E-state index contributed by atoms with van der Waals surface area (Å²) in [5, 5.41) is 2.79. The minimum Gasteiger partial charge on any atom is -0.484 e. The van der Waals surface area contributed by atoms with Crippen LogP contribution >= 0.6 is 27.5 Å². The van der Waals surface area contributed by atoms with E-state index >= 15 is 0 Å². The molecular formula is C16H14BrClFNO2. The standard InChI is InChI=1S/C16H14BrClFNO2/c1-10(12-4-2-3-5-13(12)17)20-16(21)9-22-11-6-7-15(19)14(18)8-11/h2-8,10H,9H2,1H3,(H,20,21). The number of carbonyl (C=O) groups excluding carboxylic acids is 1. The van der Waals surface area contributed by atoms with Crippen LogP contribution in [0, 0.1) is 5.82 Å². The minimum atomic E-state index is -0.527. The van der Waals surface area contributed by atoms with Gasteiger partial charge in [-0.05, 0) is 30.7 Å². The Hall–Kier alpha value is -1.59. The number of nitrogens with one attached hydrogen (secondary N) is 1. The van der Waals surface area contributed by atoms with Crippen molar-refractivity contribution in [3.63, 3.8) is 0 Å². The van der Waals surface area contributed by atoms with E-state index in [2.05, 4.69) is 21.2 Å². The molecule has 0 aliphatic heterocycles. The molecule has 3 nitrogen and oxygen atoms in total. The number of rotatable bonds is 5. The third-order valence-corrected chi connectivity index (χ3v) is 4.02. The largest absolute Gasteiger partial charge is 0.484 e. The molecule has 22 heavy (non-hydrogen) atoms. The molecule has 116 valence electrons. The molecule has 1 N–H and O–H groups in total. The van der Waals surface area contributed by atoms with E-state index in [1.54, 1.807) is 0 Å². The first-order chi connectivity index (χ1) is 10.5. The van der Waals surface area contributed by atoms with E-state index < -0.39 is 5.82 Å². The topological polar surface area (TPSA) is 38.3 Å². The Kier molecular flexibility index (Phi) is 5.80.